The van der Waals surface area contributed by atoms with E-state index in [0.29, 0.717) is 18.1 Å². The van der Waals surface area contributed by atoms with Crippen molar-refractivity contribution in [3.63, 3.8) is 0 Å². The molecule has 1 N–H and O–H groups in total. The Kier molecular flexibility index (Phi) is 4.61. The summed E-state index contributed by atoms with van der Waals surface area (Å²) in [5.41, 5.74) is 3.71. The van der Waals surface area contributed by atoms with Gasteiger partial charge < -0.3 is 14.6 Å². The van der Waals surface area contributed by atoms with Gasteiger partial charge in [0, 0.05) is 24.6 Å². The number of nitrogens with one attached hydrogen (secondary N) is 1. The van der Waals surface area contributed by atoms with Crippen LogP contribution in [-0.4, -0.2) is 40.5 Å². The number of rotatable bonds is 4. The molecule has 0 saturated carbocycles. The standard InChI is InChI=1S/C21H23N3O2/c1-15-4-7-18(8-5-15)26-13-16-3-2-10-24(12-16)21(25)17-6-9-19-20(11-17)23-14-22-19/h4-9,11,14,16H,2-3,10,12-13H2,1H3,(H,22,23)/t16-/m0/s1. The number of carbonyl (C=O) groups excluding carboxylic acids is 1. The molecule has 1 aliphatic heterocycles. The first-order chi connectivity index (χ1) is 12.7. The molecule has 1 aromatic heterocycles. The molecule has 4 rings (SSSR count). The zero-order valence-electron chi connectivity index (χ0n) is 14.9. The normalized spacial score (nSPS) is 17.4. The zero-order valence-corrected chi connectivity index (χ0v) is 14.9. The Bertz CT molecular complexity index is 901. The van der Waals surface area contributed by atoms with Gasteiger partial charge in [-0.05, 0) is 50.1 Å². The van der Waals surface area contributed by atoms with Crippen LogP contribution in [0, 0.1) is 12.8 Å². The minimum Gasteiger partial charge on any atom is -0.493 e. The van der Waals surface area contributed by atoms with Crippen molar-refractivity contribution in [3.8, 4) is 5.75 Å². The van der Waals surface area contributed by atoms with Crippen LogP contribution < -0.4 is 4.74 Å². The van der Waals surface area contributed by atoms with Gasteiger partial charge in [0.1, 0.15) is 5.75 Å². The number of hydrogen-bond acceptors (Lipinski definition) is 3. The molecule has 0 aliphatic carbocycles. The van der Waals surface area contributed by atoms with Gasteiger partial charge >= 0.3 is 0 Å². The highest BCUT2D eigenvalue weighted by Crippen LogP contribution is 2.22. The van der Waals surface area contributed by atoms with E-state index in [4.69, 9.17) is 4.74 Å². The molecule has 0 radical (unpaired) electrons. The number of aromatic nitrogens is 2. The number of carbonyl (C=O) groups is 1. The first-order valence-corrected chi connectivity index (χ1v) is 9.11. The van der Waals surface area contributed by atoms with Gasteiger partial charge in [-0.2, -0.15) is 0 Å². The van der Waals surface area contributed by atoms with E-state index in [2.05, 4.69) is 29.0 Å². The van der Waals surface area contributed by atoms with Crippen molar-refractivity contribution in [3.05, 3.63) is 59.9 Å². The Morgan fingerprint density at radius 3 is 2.96 bits per heavy atom. The van der Waals surface area contributed by atoms with E-state index in [0.717, 1.165) is 42.7 Å². The molecule has 3 aromatic rings. The fourth-order valence-corrected chi connectivity index (χ4v) is 3.49. The fourth-order valence-electron chi connectivity index (χ4n) is 3.49. The van der Waals surface area contributed by atoms with Crippen molar-refractivity contribution in [2.75, 3.05) is 19.7 Å². The summed E-state index contributed by atoms with van der Waals surface area (Å²) in [7, 11) is 0. The minimum atomic E-state index is 0.0848. The van der Waals surface area contributed by atoms with Crippen molar-refractivity contribution in [1.82, 2.24) is 14.9 Å². The average Bonchev–Trinajstić information content (AvgIpc) is 3.15. The molecule has 0 bridgehead atoms. The summed E-state index contributed by atoms with van der Waals surface area (Å²) in [4.78, 5) is 22.1. The monoisotopic (exact) mass is 349 g/mol. The topological polar surface area (TPSA) is 58.2 Å². The van der Waals surface area contributed by atoms with Crippen LogP contribution in [0.3, 0.4) is 0 Å². The molecule has 2 aromatic carbocycles. The predicted octanol–water partition coefficient (Wildman–Crippen LogP) is 3.80. The van der Waals surface area contributed by atoms with Crippen molar-refractivity contribution in [2.45, 2.75) is 19.8 Å². The van der Waals surface area contributed by atoms with Gasteiger partial charge in [0.2, 0.25) is 0 Å². The Hall–Kier alpha value is -2.82. The first kappa shape index (κ1) is 16.6. The van der Waals surface area contributed by atoms with Crippen molar-refractivity contribution in [1.29, 1.82) is 0 Å². The molecule has 0 spiro atoms. The number of amides is 1. The second kappa shape index (κ2) is 7.20. The molecule has 134 valence electrons. The van der Waals surface area contributed by atoms with Gasteiger partial charge in [0.25, 0.3) is 5.91 Å². The minimum absolute atomic E-state index is 0.0848. The number of imidazole rings is 1. The Labute approximate surface area is 153 Å². The number of piperidine rings is 1. The number of benzene rings is 2. The number of H-pyrrole nitrogens is 1. The quantitative estimate of drug-likeness (QED) is 0.779. The van der Waals surface area contributed by atoms with Crippen LogP contribution in [0.25, 0.3) is 11.0 Å². The lowest BCUT2D eigenvalue weighted by Gasteiger charge is -2.32. The molecular weight excluding hydrogens is 326 g/mol. The van der Waals surface area contributed by atoms with Crippen LogP contribution in [-0.2, 0) is 0 Å². The first-order valence-electron chi connectivity index (χ1n) is 9.11. The summed E-state index contributed by atoms with van der Waals surface area (Å²) in [5, 5.41) is 0. The number of hydrogen-bond donors (Lipinski definition) is 1. The van der Waals surface area contributed by atoms with Crippen LogP contribution >= 0.6 is 0 Å². The van der Waals surface area contributed by atoms with E-state index in [1.165, 1.54) is 5.56 Å². The summed E-state index contributed by atoms with van der Waals surface area (Å²) in [6.07, 6.45) is 3.76. The smallest absolute Gasteiger partial charge is 0.253 e. The highest BCUT2D eigenvalue weighted by Gasteiger charge is 2.25. The second-order valence-electron chi connectivity index (χ2n) is 7.02. The second-order valence-corrected chi connectivity index (χ2v) is 7.02. The summed E-state index contributed by atoms with van der Waals surface area (Å²) in [5.74, 6) is 1.34. The van der Waals surface area contributed by atoms with Gasteiger partial charge in [0.15, 0.2) is 0 Å². The fraction of sp³-hybridized carbons (Fsp3) is 0.333. The van der Waals surface area contributed by atoms with Crippen LogP contribution in [0.1, 0.15) is 28.8 Å². The lowest BCUT2D eigenvalue weighted by atomic mass is 9.98. The SMILES string of the molecule is Cc1ccc(OC[C@H]2CCCN(C(=O)c3ccc4nc[nH]c4c3)C2)cc1. The number of aromatic amines is 1. The number of aryl methyl sites for hydroxylation is 1. The van der Waals surface area contributed by atoms with Gasteiger partial charge in [-0.25, -0.2) is 4.98 Å². The van der Waals surface area contributed by atoms with Crippen LogP contribution in [0.15, 0.2) is 48.8 Å². The summed E-state index contributed by atoms with van der Waals surface area (Å²) < 4.78 is 5.93. The Morgan fingerprint density at radius 1 is 1.27 bits per heavy atom. The average molecular weight is 349 g/mol. The predicted molar refractivity (Wildman–Crippen MR) is 101 cm³/mol. The molecule has 1 atom stereocenters. The number of fused-ring (bicyclic) bond motifs is 1. The van der Waals surface area contributed by atoms with Gasteiger partial charge in [-0.3, -0.25) is 4.79 Å². The third kappa shape index (κ3) is 3.57. The highest BCUT2D eigenvalue weighted by molar-refractivity contribution is 5.97. The lowest BCUT2D eigenvalue weighted by molar-refractivity contribution is 0.0633. The summed E-state index contributed by atoms with van der Waals surface area (Å²) in [6, 6.07) is 13.7. The van der Waals surface area contributed by atoms with E-state index < -0.39 is 0 Å². The molecule has 5 nitrogen and oxygen atoms in total. The van der Waals surface area contributed by atoms with Gasteiger partial charge in [0.05, 0.1) is 24.0 Å². The van der Waals surface area contributed by atoms with Gasteiger partial charge in [-0.15, -0.1) is 0 Å². The highest BCUT2D eigenvalue weighted by atomic mass is 16.5. The molecule has 1 saturated heterocycles. The third-order valence-electron chi connectivity index (χ3n) is 4.98. The van der Waals surface area contributed by atoms with E-state index in [9.17, 15) is 4.79 Å². The molecular formula is C21H23N3O2. The van der Waals surface area contributed by atoms with E-state index >= 15 is 0 Å². The molecule has 26 heavy (non-hydrogen) atoms. The molecule has 1 aliphatic rings. The van der Waals surface area contributed by atoms with Crippen LogP contribution in [0.2, 0.25) is 0 Å². The Morgan fingerprint density at radius 2 is 2.12 bits per heavy atom. The maximum atomic E-state index is 12.9. The summed E-state index contributed by atoms with van der Waals surface area (Å²) in [6.45, 7) is 4.26. The molecule has 1 amide bonds. The maximum Gasteiger partial charge on any atom is 0.253 e. The van der Waals surface area contributed by atoms with Crippen molar-refractivity contribution < 1.29 is 9.53 Å². The van der Waals surface area contributed by atoms with Crippen molar-refractivity contribution in [2.24, 2.45) is 5.92 Å². The largest absolute Gasteiger partial charge is 0.493 e. The zero-order chi connectivity index (χ0) is 17.9. The Balaban J connectivity index is 1.39. The van der Waals surface area contributed by atoms with E-state index in [1.54, 1.807) is 6.33 Å². The maximum absolute atomic E-state index is 12.9. The van der Waals surface area contributed by atoms with E-state index in [1.807, 2.05) is 35.2 Å². The number of ether oxygens (including phenoxy) is 1. The van der Waals surface area contributed by atoms with Gasteiger partial charge in [-0.1, -0.05) is 17.7 Å². The van der Waals surface area contributed by atoms with Crippen LogP contribution in [0.4, 0.5) is 0 Å². The molecule has 5 heteroatoms. The molecule has 1 fully saturated rings. The lowest BCUT2D eigenvalue weighted by Crippen LogP contribution is -2.41. The van der Waals surface area contributed by atoms with Crippen LogP contribution in [0.5, 0.6) is 5.75 Å². The van der Waals surface area contributed by atoms with Crippen molar-refractivity contribution >= 4 is 16.9 Å². The number of likely N-dealkylation sites (tertiary alicyclic amines) is 1. The molecule has 0 unspecified atom stereocenters. The third-order valence-corrected chi connectivity index (χ3v) is 4.98. The summed E-state index contributed by atoms with van der Waals surface area (Å²) >= 11 is 0. The van der Waals surface area contributed by atoms with E-state index in [-0.39, 0.29) is 5.91 Å². The molecule has 2 heterocycles. The number of nitrogens with zero attached hydrogens (tertiary/aromatic N) is 2.